The Kier molecular flexibility index (Phi) is 8.85. The molecule has 2 rings (SSSR count). The van der Waals surface area contributed by atoms with E-state index in [4.69, 9.17) is 4.74 Å². The van der Waals surface area contributed by atoms with Crippen LogP contribution in [0.25, 0.3) is 0 Å². The fourth-order valence-corrected chi connectivity index (χ4v) is 3.26. The van der Waals surface area contributed by atoms with E-state index in [1.807, 2.05) is 0 Å². The predicted octanol–water partition coefficient (Wildman–Crippen LogP) is 5.46. The number of carbonyl (C=O) groups is 1. The smallest absolute Gasteiger partial charge is 0.430 e. The quantitative estimate of drug-likeness (QED) is 0.132. The van der Waals surface area contributed by atoms with E-state index < -0.39 is 52.5 Å². The molecule has 0 bridgehead atoms. The number of alkyl halides is 6. The number of aromatic nitrogens is 1. The minimum absolute atomic E-state index is 0.0178. The van der Waals surface area contributed by atoms with E-state index in [9.17, 15) is 41.3 Å². The van der Waals surface area contributed by atoms with E-state index >= 15 is 0 Å². The molecule has 9 nitrogen and oxygen atoms in total. The maximum Gasteiger partial charge on any atom is 0.430 e. The lowest BCUT2D eigenvalue weighted by atomic mass is 9.89. The number of ether oxygens (including phenoxy) is 4. The van der Waals surface area contributed by atoms with E-state index in [0.717, 1.165) is 26.4 Å². The molecule has 0 saturated heterocycles. The average molecular weight is 526 g/mol. The zero-order valence-corrected chi connectivity index (χ0v) is 19.0. The molecule has 0 atom stereocenters. The van der Waals surface area contributed by atoms with Gasteiger partial charge in [-0.05, 0) is 24.1 Å². The van der Waals surface area contributed by atoms with E-state index in [1.165, 1.54) is 0 Å². The zero-order valence-electron chi connectivity index (χ0n) is 19.0. The van der Waals surface area contributed by atoms with Crippen molar-refractivity contribution < 1.29 is 55.0 Å². The molecule has 15 heteroatoms. The Balaban J connectivity index is 2.64. The van der Waals surface area contributed by atoms with Crippen molar-refractivity contribution in [3.05, 3.63) is 57.3 Å². The van der Waals surface area contributed by atoms with Crippen LogP contribution in [0, 0.1) is 10.1 Å². The Morgan fingerprint density at radius 3 is 2.22 bits per heavy atom. The number of hydrogen-bond acceptors (Lipinski definition) is 8. The number of rotatable bonds is 10. The van der Waals surface area contributed by atoms with Crippen LogP contribution in [0.15, 0.2) is 30.5 Å². The van der Waals surface area contributed by atoms with Gasteiger partial charge in [-0.3, -0.25) is 10.1 Å². The Hall–Kier alpha value is -3.46. The number of methoxy groups -OCH3 is 2. The molecule has 1 heterocycles. The van der Waals surface area contributed by atoms with E-state index in [2.05, 4.69) is 19.2 Å². The van der Waals surface area contributed by atoms with Crippen LogP contribution in [0.2, 0.25) is 0 Å². The molecule has 0 amide bonds. The molecule has 0 N–H and O–H groups in total. The molecular formula is C21H20F6N2O7. The van der Waals surface area contributed by atoms with Crippen molar-refractivity contribution in [2.45, 2.75) is 37.7 Å². The SMILES string of the molecule is CCCc1cc(C(OCOC)(C(F)(F)F)C(F)(F)F)ccc1Oc1cc(C(=O)OC)c([N+](=O)[O-])cn1. The molecule has 198 valence electrons. The summed E-state index contributed by atoms with van der Waals surface area (Å²) in [6, 6.07) is 2.88. The fraction of sp³-hybridized carbons (Fsp3) is 0.429. The Morgan fingerprint density at radius 1 is 1.08 bits per heavy atom. The lowest BCUT2D eigenvalue weighted by molar-refractivity contribution is -0.400. The lowest BCUT2D eigenvalue weighted by Gasteiger charge is -2.37. The highest BCUT2D eigenvalue weighted by atomic mass is 19.4. The number of pyridine rings is 1. The van der Waals surface area contributed by atoms with Crippen molar-refractivity contribution in [1.82, 2.24) is 4.98 Å². The summed E-state index contributed by atoms with van der Waals surface area (Å²) in [7, 11) is 1.85. The number of hydrogen-bond donors (Lipinski definition) is 0. The molecule has 1 aromatic carbocycles. The van der Waals surface area contributed by atoms with Gasteiger partial charge < -0.3 is 18.9 Å². The molecular weight excluding hydrogens is 506 g/mol. The van der Waals surface area contributed by atoms with Crippen molar-refractivity contribution >= 4 is 11.7 Å². The van der Waals surface area contributed by atoms with Gasteiger partial charge in [-0.1, -0.05) is 19.4 Å². The minimum Gasteiger partial charge on any atom is -0.465 e. The Labute approximate surface area is 200 Å². The fourth-order valence-electron chi connectivity index (χ4n) is 3.26. The molecule has 0 saturated carbocycles. The molecule has 2 aromatic rings. The molecule has 36 heavy (non-hydrogen) atoms. The predicted molar refractivity (Wildman–Crippen MR) is 109 cm³/mol. The summed E-state index contributed by atoms with van der Waals surface area (Å²) in [5.74, 6) is -1.67. The maximum absolute atomic E-state index is 13.9. The van der Waals surface area contributed by atoms with Gasteiger partial charge in [0.25, 0.3) is 5.60 Å². The molecule has 1 aromatic heterocycles. The van der Waals surface area contributed by atoms with Gasteiger partial charge in [-0.2, -0.15) is 26.3 Å². The van der Waals surface area contributed by atoms with E-state index in [1.54, 1.807) is 6.92 Å². The lowest BCUT2D eigenvalue weighted by Crippen LogP contribution is -2.56. The second kappa shape index (κ2) is 11.1. The Morgan fingerprint density at radius 2 is 1.72 bits per heavy atom. The summed E-state index contributed by atoms with van der Waals surface area (Å²) in [6.07, 6.45) is -10.8. The van der Waals surface area contributed by atoms with Gasteiger partial charge in [-0.15, -0.1) is 0 Å². The topological polar surface area (TPSA) is 110 Å². The summed E-state index contributed by atoms with van der Waals surface area (Å²) in [5, 5.41) is 11.1. The molecule has 0 radical (unpaired) electrons. The highest BCUT2D eigenvalue weighted by Gasteiger charge is 2.73. The van der Waals surface area contributed by atoms with Gasteiger partial charge in [0, 0.05) is 18.7 Å². The molecule has 0 spiro atoms. The van der Waals surface area contributed by atoms with Crippen LogP contribution in [0.1, 0.15) is 34.8 Å². The van der Waals surface area contributed by atoms with Gasteiger partial charge in [0.1, 0.15) is 24.3 Å². The van der Waals surface area contributed by atoms with Gasteiger partial charge in [0.05, 0.1) is 12.0 Å². The van der Waals surface area contributed by atoms with Crippen LogP contribution in [-0.4, -0.2) is 49.2 Å². The zero-order chi connectivity index (χ0) is 27.3. The van der Waals surface area contributed by atoms with Gasteiger partial charge in [-0.25, -0.2) is 9.78 Å². The highest BCUT2D eigenvalue weighted by molar-refractivity contribution is 5.94. The van der Waals surface area contributed by atoms with Crippen molar-refractivity contribution in [2.75, 3.05) is 21.0 Å². The molecule has 0 aliphatic carbocycles. The maximum atomic E-state index is 13.9. The van der Waals surface area contributed by atoms with E-state index in [-0.39, 0.29) is 23.6 Å². The number of aryl methyl sites for hydroxylation is 1. The van der Waals surface area contributed by atoms with Gasteiger partial charge in [0.2, 0.25) is 5.88 Å². The molecule has 0 aliphatic rings. The first kappa shape index (κ1) is 28.8. The number of carbonyl (C=O) groups excluding carboxylic acids is 1. The first-order chi connectivity index (χ1) is 16.7. The molecule has 0 aliphatic heterocycles. The summed E-state index contributed by atoms with van der Waals surface area (Å²) in [6.45, 7) is 0.321. The number of benzene rings is 1. The van der Waals surface area contributed by atoms with Crippen molar-refractivity contribution in [3.63, 3.8) is 0 Å². The van der Waals surface area contributed by atoms with Crippen LogP contribution in [0.4, 0.5) is 32.0 Å². The summed E-state index contributed by atoms with van der Waals surface area (Å²) in [4.78, 5) is 25.8. The second-order valence-corrected chi connectivity index (χ2v) is 7.19. The first-order valence-corrected chi connectivity index (χ1v) is 10.0. The third-order valence-corrected chi connectivity index (χ3v) is 4.85. The summed E-state index contributed by atoms with van der Waals surface area (Å²) < 4.78 is 102. The van der Waals surface area contributed by atoms with Gasteiger partial charge >= 0.3 is 24.0 Å². The largest absolute Gasteiger partial charge is 0.465 e. The van der Waals surface area contributed by atoms with Crippen molar-refractivity contribution in [3.8, 4) is 11.6 Å². The van der Waals surface area contributed by atoms with Crippen LogP contribution in [0.3, 0.4) is 0 Å². The molecule has 0 unspecified atom stereocenters. The van der Waals surface area contributed by atoms with Crippen LogP contribution in [-0.2, 0) is 26.2 Å². The first-order valence-electron chi connectivity index (χ1n) is 10.0. The van der Waals surface area contributed by atoms with Crippen molar-refractivity contribution in [1.29, 1.82) is 0 Å². The normalized spacial score (nSPS) is 12.4. The number of nitro groups is 1. The van der Waals surface area contributed by atoms with E-state index in [0.29, 0.717) is 24.8 Å². The summed E-state index contributed by atoms with van der Waals surface area (Å²) in [5.41, 5.74) is -7.26. The number of halogens is 6. The monoisotopic (exact) mass is 526 g/mol. The third kappa shape index (κ3) is 5.67. The van der Waals surface area contributed by atoms with Crippen LogP contribution >= 0.6 is 0 Å². The Bertz CT molecular complexity index is 1090. The van der Waals surface area contributed by atoms with Crippen LogP contribution in [0.5, 0.6) is 11.6 Å². The molecule has 0 fully saturated rings. The standard InChI is InChI=1S/C21H20F6N2O7/c1-4-5-12-8-13(19(20(22,23)24,21(25,26)27)35-11-33-2)6-7-16(12)36-17-9-14(18(30)34-3)15(10-28-17)29(31)32/h6-10H,4-5,11H2,1-3H3. The van der Waals surface area contributed by atoms with Gasteiger partial charge in [0.15, 0.2) is 0 Å². The second-order valence-electron chi connectivity index (χ2n) is 7.19. The summed E-state index contributed by atoms with van der Waals surface area (Å²) >= 11 is 0. The van der Waals surface area contributed by atoms with Crippen LogP contribution < -0.4 is 4.74 Å². The number of esters is 1. The third-order valence-electron chi connectivity index (χ3n) is 4.85. The van der Waals surface area contributed by atoms with Crippen molar-refractivity contribution in [2.24, 2.45) is 0 Å². The average Bonchev–Trinajstić information content (AvgIpc) is 2.78. The number of nitrogens with zero attached hydrogens (tertiary/aromatic N) is 2. The minimum atomic E-state index is -5.91. The highest BCUT2D eigenvalue weighted by Crippen LogP contribution is 2.53.